The summed E-state index contributed by atoms with van der Waals surface area (Å²) in [5.74, 6) is 1.32. The van der Waals surface area contributed by atoms with Crippen molar-refractivity contribution in [3.8, 4) is 33.1 Å². The minimum Gasteiger partial charge on any atom is -0.396 e. The van der Waals surface area contributed by atoms with Crippen LogP contribution in [0.5, 0.6) is 0 Å². The summed E-state index contributed by atoms with van der Waals surface area (Å²) in [5, 5.41) is 14.0. The predicted molar refractivity (Wildman–Crippen MR) is 134 cm³/mol. The van der Waals surface area contributed by atoms with Gasteiger partial charge in [-0.3, -0.25) is 9.97 Å². The fourth-order valence-corrected chi connectivity index (χ4v) is 5.00. The third-order valence-corrected chi connectivity index (χ3v) is 6.53. The second kappa shape index (κ2) is 9.44. The smallest absolute Gasteiger partial charge is 0.181 e. The number of aliphatic hydroxyl groups excluding tert-OH is 1. The Morgan fingerprint density at radius 3 is 2.42 bits per heavy atom. The minimum absolute atomic E-state index is 0.0394. The van der Waals surface area contributed by atoms with E-state index in [4.69, 9.17) is 9.97 Å². The molecule has 0 aliphatic rings. The van der Waals surface area contributed by atoms with E-state index in [1.54, 1.807) is 17.5 Å². The average molecular weight is 454 g/mol. The van der Waals surface area contributed by atoms with Crippen LogP contribution >= 0.6 is 11.3 Å². The summed E-state index contributed by atoms with van der Waals surface area (Å²) in [6, 6.07) is 20.1. The first-order valence-corrected chi connectivity index (χ1v) is 11.7. The summed E-state index contributed by atoms with van der Waals surface area (Å²) in [6.07, 6.45) is 5.98. The lowest BCUT2D eigenvalue weighted by Gasteiger charge is -2.16. The molecule has 1 aromatic carbocycles. The Hall–Kier alpha value is -3.68. The molecule has 5 aromatic rings. The van der Waals surface area contributed by atoms with E-state index < -0.39 is 0 Å². The van der Waals surface area contributed by atoms with Crippen LogP contribution in [0.15, 0.2) is 79.3 Å². The molecular formula is C26H23N5OS. The topological polar surface area (TPSA) is 83.8 Å². The van der Waals surface area contributed by atoms with Crippen molar-refractivity contribution in [2.75, 3.05) is 11.9 Å². The molecule has 4 heterocycles. The normalized spacial score (nSPS) is 12.1. The molecule has 0 saturated heterocycles. The third kappa shape index (κ3) is 4.33. The first-order valence-electron chi connectivity index (χ1n) is 10.8. The summed E-state index contributed by atoms with van der Waals surface area (Å²) in [7, 11) is 0. The molecule has 0 spiro atoms. The van der Waals surface area contributed by atoms with Crippen LogP contribution in [0.25, 0.3) is 43.3 Å². The maximum atomic E-state index is 9.46. The van der Waals surface area contributed by atoms with Gasteiger partial charge in [-0.2, -0.15) is 0 Å². The summed E-state index contributed by atoms with van der Waals surface area (Å²) in [5.41, 5.74) is 3.99. The first kappa shape index (κ1) is 21.2. The maximum absolute atomic E-state index is 9.46. The summed E-state index contributed by atoms with van der Waals surface area (Å²) >= 11 is 1.64. The van der Waals surface area contributed by atoms with Crippen LogP contribution in [0.4, 0.5) is 5.82 Å². The average Bonchev–Trinajstić information content (AvgIpc) is 3.26. The lowest BCUT2D eigenvalue weighted by Crippen LogP contribution is -2.18. The van der Waals surface area contributed by atoms with Crippen molar-refractivity contribution in [1.29, 1.82) is 0 Å². The Kier molecular flexibility index (Phi) is 6.06. The molecule has 1 atom stereocenters. The molecule has 7 heteroatoms. The lowest BCUT2D eigenvalue weighted by molar-refractivity contribution is 0.282. The summed E-state index contributed by atoms with van der Waals surface area (Å²) < 4.78 is 0. The van der Waals surface area contributed by atoms with Crippen molar-refractivity contribution in [3.05, 3.63) is 79.3 Å². The van der Waals surface area contributed by atoms with Gasteiger partial charge in [0.25, 0.3) is 0 Å². The van der Waals surface area contributed by atoms with Crippen molar-refractivity contribution < 1.29 is 5.11 Å². The van der Waals surface area contributed by atoms with Crippen LogP contribution in [0.2, 0.25) is 0 Å². The Morgan fingerprint density at radius 2 is 1.70 bits per heavy atom. The van der Waals surface area contributed by atoms with Gasteiger partial charge >= 0.3 is 0 Å². The van der Waals surface area contributed by atoms with Crippen LogP contribution in [-0.4, -0.2) is 37.7 Å². The van der Waals surface area contributed by atoms with Gasteiger partial charge in [-0.05, 0) is 48.7 Å². The van der Waals surface area contributed by atoms with E-state index in [9.17, 15) is 5.11 Å². The van der Waals surface area contributed by atoms with Gasteiger partial charge < -0.3 is 10.4 Å². The van der Waals surface area contributed by atoms with E-state index in [1.807, 2.05) is 67.8 Å². The Bertz CT molecular complexity index is 1360. The van der Waals surface area contributed by atoms with Gasteiger partial charge in [0.1, 0.15) is 16.3 Å². The number of fused-ring (bicyclic) bond motifs is 1. The van der Waals surface area contributed by atoms with Gasteiger partial charge in [0, 0.05) is 41.7 Å². The SMILES string of the molecule is CC(CCO)Nc1nc(-c2ccccn2)nc2sc(-c3ccncc3)c(-c3ccccc3)c12. The molecule has 4 aromatic heterocycles. The monoisotopic (exact) mass is 453 g/mol. The molecule has 2 N–H and O–H groups in total. The van der Waals surface area contributed by atoms with Gasteiger partial charge in [-0.1, -0.05) is 36.4 Å². The highest BCUT2D eigenvalue weighted by atomic mass is 32.1. The molecule has 1 unspecified atom stereocenters. The van der Waals surface area contributed by atoms with Crippen molar-refractivity contribution in [2.45, 2.75) is 19.4 Å². The number of aromatic nitrogens is 4. The second-order valence-electron chi connectivity index (χ2n) is 7.76. The molecule has 0 amide bonds. The summed E-state index contributed by atoms with van der Waals surface area (Å²) in [6.45, 7) is 2.15. The standard InChI is InChI=1S/C26H23N5OS/c1-17(12-16-32)29-25-22-21(18-7-3-2-4-8-18)23(19-10-14-27-15-11-19)33-26(22)31-24(30-25)20-9-5-6-13-28-20/h2-11,13-15,17,32H,12,16H2,1H3,(H,29,30,31). The highest BCUT2D eigenvalue weighted by molar-refractivity contribution is 7.22. The van der Waals surface area contributed by atoms with E-state index in [1.165, 1.54) is 0 Å². The number of anilines is 1. The largest absolute Gasteiger partial charge is 0.396 e. The van der Waals surface area contributed by atoms with Crippen LogP contribution in [0.3, 0.4) is 0 Å². The van der Waals surface area contributed by atoms with Gasteiger partial charge in [-0.15, -0.1) is 11.3 Å². The number of nitrogens with zero attached hydrogens (tertiary/aromatic N) is 4. The van der Waals surface area contributed by atoms with Crippen molar-refractivity contribution in [3.63, 3.8) is 0 Å². The highest BCUT2D eigenvalue weighted by Gasteiger charge is 2.22. The highest BCUT2D eigenvalue weighted by Crippen LogP contribution is 2.46. The van der Waals surface area contributed by atoms with Crippen LogP contribution in [0.1, 0.15) is 13.3 Å². The van der Waals surface area contributed by atoms with Gasteiger partial charge in [-0.25, -0.2) is 9.97 Å². The van der Waals surface area contributed by atoms with E-state index >= 15 is 0 Å². The summed E-state index contributed by atoms with van der Waals surface area (Å²) in [4.78, 5) is 20.5. The lowest BCUT2D eigenvalue weighted by atomic mass is 10.00. The van der Waals surface area contributed by atoms with Gasteiger partial charge in [0.15, 0.2) is 5.82 Å². The number of rotatable bonds is 7. The van der Waals surface area contributed by atoms with Crippen LogP contribution < -0.4 is 5.32 Å². The molecule has 33 heavy (non-hydrogen) atoms. The maximum Gasteiger partial charge on any atom is 0.181 e. The van der Waals surface area contributed by atoms with Gasteiger partial charge in [0.2, 0.25) is 0 Å². The third-order valence-electron chi connectivity index (χ3n) is 5.40. The number of nitrogens with one attached hydrogen (secondary N) is 1. The molecule has 0 bridgehead atoms. The molecule has 0 aliphatic heterocycles. The van der Waals surface area contributed by atoms with E-state index in [0.717, 1.165) is 43.3 Å². The predicted octanol–water partition coefficient (Wildman–Crippen LogP) is 5.67. The molecule has 0 radical (unpaired) electrons. The molecule has 164 valence electrons. The number of hydrogen-bond donors (Lipinski definition) is 2. The molecule has 5 rings (SSSR count). The second-order valence-corrected chi connectivity index (χ2v) is 8.76. The molecule has 0 fully saturated rings. The van der Waals surface area contributed by atoms with Crippen LogP contribution in [0, 0.1) is 0 Å². The number of benzene rings is 1. The molecular weight excluding hydrogens is 430 g/mol. The number of thiophene rings is 1. The molecule has 0 aliphatic carbocycles. The number of pyridine rings is 2. The quantitative estimate of drug-likeness (QED) is 0.331. The fraction of sp³-hybridized carbons (Fsp3) is 0.154. The molecule has 6 nitrogen and oxygen atoms in total. The van der Waals surface area contributed by atoms with Crippen molar-refractivity contribution >= 4 is 27.4 Å². The first-order chi connectivity index (χ1) is 16.2. The zero-order valence-corrected chi connectivity index (χ0v) is 19.0. The zero-order valence-electron chi connectivity index (χ0n) is 18.1. The van der Waals surface area contributed by atoms with Gasteiger partial charge in [0.05, 0.1) is 5.39 Å². The number of hydrogen-bond acceptors (Lipinski definition) is 7. The Morgan fingerprint density at radius 1 is 0.909 bits per heavy atom. The Balaban J connectivity index is 1.81. The van der Waals surface area contributed by atoms with Crippen LogP contribution in [-0.2, 0) is 0 Å². The van der Waals surface area contributed by atoms with E-state index in [2.05, 4.69) is 27.4 Å². The van der Waals surface area contributed by atoms with Crippen molar-refractivity contribution in [2.24, 2.45) is 0 Å². The minimum atomic E-state index is 0.0394. The molecule has 0 saturated carbocycles. The zero-order chi connectivity index (χ0) is 22.6. The fourth-order valence-electron chi connectivity index (χ4n) is 3.80. The Labute approximate surface area is 196 Å². The number of aliphatic hydroxyl groups is 1. The van der Waals surface area contributed by atoms with E-state index in [0.29, 0.717) is 12.2 Å². The van der Waals surface area contributed by atoms with Crippen molar-refractivity contribution in [1.82, 2.24) is 19.9 Å². The van der Waals surface area contributed by atoms with E-state index in [-0.39, 0.29) is 12.6 Å².